The van der Waals surface area contributed by atoms with Crippen molar-refractivity contribution in [1.82, 2.24) is 5.32 Å². The van der Waals surface area contributed by atoms with Crippen LogP contribution in [0.1, 0.15) is 44.8 Å². The second-order valence-corrected chi connectivity index (χ2v) is 5.55. The third kappa shape index (κ3) is 2.65. The van der Waals surface area contributed by atoms with Crippen LogP contribution < -0.4 is 5.32 Å². The van der Waals surface area contributed by atoms with E-state index in [1.807, 2.05) is 24.3 Å². The van der Waals surface area contributed by atoms with E-state index in [9.17, 15) is 14.7 Å². The molecule has 0 saturated heterocycles. The smallest absolute Gasteiger partial charge is 0.251 e. The highest BCUT2D eigenvalue weighted by molar-refractivity contribution is 5.97. The van der Waals surface area contributed by atoms with Crippen molar-refractivity contribution in [2.75, 3.05) is 0 Å². The van der Waals surface area contributed by atoms with Crippen LogP contribution in [0, 0.1) is 0 Å². The fourth-order valence-corrected chi connectivity index (χ4v) is 2.83. The second kappa shape index (κ2) is 5.73. The molecule has 1 aliphatic rings. The second-order valence-electron chi connectivity index (χ2n) is 5.55. The first kappa shape index (κ1) is 14.5. The van der Waals surface area contributed by atoms with Crippen LogP contribution in [0.4, 0.5) is 0 Å². The number of aliphatic hydroxyl groups excluding tert-OH is 1. The Morgan fingerprint density at radius 3 is 2.36 bits per heavy atom. The molecule has 0 heterocycles. The molecule has 4 nitrogen and oxygen atoms in total. The van der Waals surface area contributed by atoms with Crippen molar-refractivity contribution in [3.63, 3.8) is 0 Å². The number of amides is 1. The zero-order chi connectivity index (χ0) is 15.7. The van der Waals surface area contributed by atoms with Gasteiger partial charge in [0.05, 0.1) is 12.1 Å². The summed E-state index contributed by atoms with van der Waals surface area (Å²) in [6.45, 7) is 1.49. The minimum Gasteiger partial charge on any atom is -0.390 e. The summed E-state index contributed by atoms with van der Waals surface area (Å²) in [6, 6.07) is 13.8. The van der Waals surface area contributed by atoms with Crippen molar-refractivity contribution < 1.29 is 14.7 Å². The molecule has 1 aliphatic carbocycles. The van der Waals surface area contributed by atoms with Crippen molar-refractivity contribution in [2.45, 2.75) is 25.5 Å². The summed E-state index contributed by atoms with van der Waals surface area (Å²) >= 11 is 0. The summed E-state index contributed by atoms with van der Waals surface area (Å²) < 4.78 is 0. The third-order valence-electron chi connectivity index (χ3n) is 4.04. The zero-order valence-corrected chi connectivity index (χ0v) is 12.2. The van der Waals surface area contributed by atoms with E-state index in [1.54, 1.807) is 24.3 Å². The zero-order valence-electron chi connectivity index (χ0n) is 12.2. The van der Waals surface area contributed by atoms with Gasteiger partial charge in [0.2, 0.25) is 0 Å². The third-order valence-corrected chi connectivity index (χ3v) is 4.04. The topological polar surface area (TPSA) is 66.4 Å². The number of carbonyl (C=O) groups excluding carboxylic acids is 2. The Morgan fingerprint density at radius 2 is 1.68 bits per heavy atom. The summed E-state index contributed by atoms with van der Waals surface area (Å²) in [4.78, 5) is 23.6. The molecule has 2 N–H and O–H groups in total. The van der Waals surface area contributed by atoms with Crippen LogP contribution in [0.25, 0.3) is 0 Å². The van der Waals surface area contributed by atoms with E-state index in [0.717, 1.165) is 11.1 Å². The summed E-state index contributed by atoms with van der Waals surface area (Å²) in [5.74, 6) is -0.289. The lowest BCUT2D eigenvalue weighted by Crippen LogP contribution is -2.33. The van der Waals surface area contributed by atoms with Gasteiger partial charge in [0, 0.05) is 17.5 Å². The highest BCUT2D eigenvalue weighted by Gasteiger charge is 2.31. The van der Waals surface area contributed by atoms with Gasteiger partial charge >= 0.3 is 0 Å². The Morgan fingerprint density at radius 1 is 1.05 bits per heavy atom. The van der Waals surface area contributed by atoms with Crippen LogP contribution in [0.3, 0.4) is 0 Å². The Balaban J connectivity index is 1.78. The standard InChI is InChI=1S/C18H17NO3/c1-11(20)12-6-8-13(9-7-12)18(22)19-17-15-5-3-2-4-14(15)10-16(17)21/h2-9,16-17,21H,10H2,1H3,(H,19,22)/t16-,17+/m0/s1. The van der Waals surface area contributed by atoms with Crippen LogP contribution in [-0.2, 0) is 6.42 Å². The molecular formula is C18H17NO3. The van der Waals surface area contributed by atoms with Gasteiger partial charge in [-0.15, -0.1) is 0 Å². The van der Waals surface area contributed by atoms with Crippen molar-refractivity contribution in [3.8, 4) is 0 Å². The maximum atomic E-state index is 12.3. The Labute approximate surface area is 128 Å². The van der Waals surface area contributed by atoms with E-state index in [-0.39, 0.29) is 11.7 Å². The summed E-state index contributed by atoms with van der Waals surface area (Å²) in [5.41, 5.74) is 3.07. The molecule has 2 aromatic carbocycles. The molecule has 2 atom stereocenters. The maximum Gasteiger partial charge on any atom is 0.251 e. The van der Waals surface area contributed by atoms with Gasteiger partial charge in [-0.2, -0.15) is 0 Å². The lowest BCUT2D eigenvalue weighted by Gasteiger charge is -2.18. The number of rotatable bonds is 3. The largest absolute Gasteiger partial charge is 0.390 e. The molecule has 4 heteroatoms. The predicted molar refractivity (Wildman–Crippen MR) is 82.8 cm³/mol. The van der Waals surface area contributed by atoms with Crippen molar-refractivity contribution in [3.05, 3.63) is 70.8 Å². The molecule has 0 bridgehead atoms. The molecule has 22 heavy (non-hydrogen) atoms. The molecule has 112 valence electrons. The number of aliphatic hydroxyl groups is 1. The number of Topliss-reactive ketones (excluding diaryl/α,β-unsaturated/α-hetero) is 1. The first-order valence-corrected chi connectivity index (χ1v) is 7.24. The molecule has 1 amide bonds. The number of carbonyl (C=O) groups is 2. The van der Waals surface area contributed by atoms with Crippen molar-refractivity contribution >= 4 is 11.7 Å². The lowest BCUT2D eigenvalue weighted by atomic mass is 10.1. The van der Waals surface area contributed by atoms with Crippen LogP contribution in [0.15, 0.2) is 48.5 Å². The fourth-order valence-electron chi connectivity index (χ4n) is 2.83. The SMILES string of the molecule is CC(=O)c1ccc(C(=O)N[C@@H]2c3ccccc3C[C@@H]2O)cc1. The van der Waals surface area contributed by atoms with Gasteiger partial charge in [-0.3, -0.25) is 9.59 Å². The van der Waals surface area contributed by atoms with Gasteiger partial charge in [0.1, 0.15) is 0 Å². The lowest BCUT2D eigenvalue weighted by molar-refractivity contribution is 0.0857. The fraction of sp³-hybridized carbons (Fsp3) is 0.222. The van der Waals surface area contributed by atoms with Crippen LogP contribution in [0.5, 0.6) is 0 Å². The van der Waals surface area contributed by atoms with Crippen molar-refractivity contribution in [2.24, 2.45) is 0 Å². The number of benzene rings is 2. The molecule has 0 unspecified atom stereocenters. The average Bonchev–Trinajstić information content (AvgIpc) is 2.83. The quantitative estimate of drug-likeness (QED) is 0.854. The summed E-state index contributed by atoms with van der Waals surface area (Å²) in [7, 11) is 0. The van der Waals surface area contributed by atoms with Crippen molar-refractivity contribution in [1.29, 1.82) is 0 Å². The van der Waals surface area contributed by atoms with E-state index in [1.165, 1.54) is 6.92 Å². The monoisotopic (exact) mass is 295 g/mol. The van der Waals surface area contributed by atoms with Gasteiger partial charge in [-0.05, 0) is 30.2 Å². The molecule has 0 fully saturated rings. The normalized spacial score (nSPS) is 19.5. The predicted octanol–water partition coefficient (Wildman–Crippen LogP) is 2.28. The number of hydrogen-bond acceptors (Lipinski definition) is 3. The van der Waals surface area contributed by atoms with Gasteiger partial charge in [0.15, 0.2) is 5.78 Å². The number of ketones is 1. The summed E-state index contributed by atoms with van der Waals surface area (Å²) in [5, 5.41) is 13.0. The minimum atomic E-state index is -0.613. The number of fused-ring (bicyclic) bond motifs is 1. The molecule has 0 saturated carbocycles. The molecule has 0 radical (unpaired) electrons. The Kier molecular flexibility index (Phi) is 3.77. The molecule has 0 aromatic heterocycles. The molecule has 3 rings (SSSR count). The van der Waals surface area contributed by atoms with Gasteiger partial charge in [0.25, 0.3) is 5.91 Å². The minimum absolute atomic E-state index is 0.0351. The molecule has 2 aromatic rings. The van der Waals surface area contributed by atoms with Crippen LogP contribution in [0.2, 0.25) is 0 Å². The Bertz CT molecular complexity index is 721. The first-order valence-electron chi connectivity index (χ1n) is 7.24. The highest BCUT2D eigenvalue weighted by atomic mass is 16.3. The van der Waals surface area contributed by atoms with E-state index in [4.69, 9.17) is 0 Å². The Hall–Kier alpha value is -2.46. The number of hydrogen-bond donors (Lipinski definition) is 2. The molecular weight excluding hydrogens is 278 g/mol. The van der Waals surface area contributed by atoms with E-state index < -0.39 is 12.1 Å². The van der Waals surface area contributed by atoms with E-state index >= 15 is 0 Å². The molecule has 0 aliphatic heterocycles. The van der Waals surface area contributed by atoms with Gasteiger partial charge < -0.3 is 10.4 Å². The molecule has 0 spiro atoms. The number of nitrogens with one attached hydrogen (secondary N) is 1. The van der Waals surface area contributed by atoms with Crippen LogP contribution >= 0.6 is 0 Å². The average molecular weight is 295 g/mol. The maximum absolute atomic E-state index is 12.3. The van der Waals surface area contributed by atoms with E-state index in [2.05, 4.69) is 5.32 Å². The first-order chi connectivity index (χ1) is 10.6. The van der Waals surface area contributed by atoms with Gasteiger partial charge in [-0.1, -0.05) is 36.4 Å². The van der Waals surface area contributed by atoms with E-state index in [0.29, 0.717) is 17.5 Å². The highest BCUT2D eigenvalue weighted by Crippen LogP contribution is 2.31. The van der Waals surface area contributed by atoms with Crippen LogP contribution in [-0.4, -0.2) is 22.9 Å². The summed E-state index contributed by atoms with van der Waals surface area (Å²) in [6.07, 6.45) is -0.0671. The van der Waals surface area contributed by atoms with Gasteiger partial charge in [-0.25, -0.2) is 0 Å².